The molecule has 0 bridgehead atoms. The molecule has 2 N–H and O–H groups in total. The summed E-state index contributed by atoms with van der Waals surface area (Å²) in [6.07, 6.45) is 4.61. The van der Waals surface area contributed by atoms with E-state index in [9.17, 15) is 4.39 Å². The Kier molecular flexibility index (Phi) is 3.83. The average Bonchev–Trinajstić information content (AvgIpc) is 2.90. The number of benzene rings is 1. The Morgan fingerprint density at radius 1 is 1.19 bits per heavy atom. The van der Waals surface area contributed by atoms with Gasteiger partial charge in [0.2, 0.25) is 0 Å². The fourth-order valence-corrected chi connectivity index (χ4v) is 2.16. The maximum absolute atomic E-state index is 12.9. The molecule has 0 saturated heterocycles. The molecule has 0 fully saturated rings. The van der Waals surface area contributed by atoms with Crippen LogP contribution in [-0.4, -0.2) is 15.9 Å². The first-order valence-corrected chi connectivity index (χ1v) is 6.80. The highest BCUT2D eigenvalue weighted by Crippen LogP contribution is 2.20. The second kappa shape index (κ2) is 5.93. The first-order valence-electron chi connectivity index (χ1n) is 6.80. The van der Waals surface area contributed by atoms with Gasteiger partial charge in [0, 0.05) is 18.8 Å². The zero-order chi connectivity index (χ0) is 14.7. The fourth-order valence-electron chi connectivity index (χ4n) is 2.16. The summed E-state index contributed by atoms with van der Waals surface area (Å²) >= 11 is 0. The standard InChI is InChI=1S/C16H16FN3O/c17-13-5-3-12(4-6-13)11-21-15-2-1-9-20-10-14(7-8-18)19-16(15)20/h1-6,9-10H,7-8,11,18H2. The van der Waals surface area contributed by atoms with E-state index in [-0.39, 0.29) is 5.82 Å². The molecule has 0 aliphatic heterocycles. The molecule has 2 aromatic heterocycles. The van der Waals surface area contributed by atoms with Gasteiger partial charge in [0.1, 0.15) is 12.4 Å². The first-order chi connectivity index (χ1) is 10.3. The van der Waals surface area contributed by atoms with E-state index in [1.54, 1.807) is 12.1 Å². The SMILES string of the molecule is NCCc1cn2cccc(OCc3ccc(F)cc3)c2n1. The highest BCUT2D eigenvalue weighted by atomic mass is 19.1. The summed E-state index contributed by atoms with van der Waals surface area (Å²) in [7, 11) is 0. The van der Waals surface area contributed by atoms with Crippen molar-refractivity contribution in [1.29, 1.82) is 0 Å². The second-order valence-electron chi connectivity index (χ2n) is 4.79. The molecule has 0 spiro atoms. The molecule has 1 aromatic carbocycles. The molecule has 108 valence electrons. The maximum Gasteiger partial charge on any atom is 0.179 e. The lowest BCUT2D eigenvalue weighted by molar-refractivity contribution is 0.308. The van der Waals surface area contributed by atoms with E-state index in [0.29, 0.717) is 18.9 Å². The van der Waals surface area contributed by atoms with Gasteiger partial charge < -0.3 is 14.9 Å². The van der Waals surface area contributed by atoms with E-state index in [4.69, 9.17) is 10.5 Å². The third-order valence-electron chi connectivity index (χ3n) is 3.20. The third-order valence-corrected chi connectivity index (χ3v) is 3.20. The number of pyridine rings is 1. The Balaban J connectivity index is 1.81. The van der Waals surface area contributed by atoms with Crippen molar-refractivity contribution >= 4 is 5.65 Å². The number of imidazole rings is 1. The minimum Gasteiger partial charge on any atom is -0.485 e. The largest absolute Gasteiger partial charge is 0.485 e. The highest BCUT2D eigenvalue weighted by molar-refractivity contribution is 5.54. The molecule has 2 heterocycles. The number of fused-ring (bicyclic) bond motifs is 1. The molecule has 0 saturated carbocycles. The quantitative estimate of drug-likeness (QED) is 0.784. The molecule has 0 amide bonds. The summed E-state index contributed by atoms with van der Waals surface area (Å²) in [5.74, 6) is 0.450. The van der Waals surface area contributed by atoms with Crippen LogP contribution in [0.3, 0.4) is 0 Å². The highest BCUT2D eigenvalue weighted by Gasteiger charge is 2.07. The Bertz CT molecular complexity index is 737. The molecule has 3 aromatic rings. The van der Waals surface area contributed by atoms with Gasteiger partial charge in [-0.3, -0.25) is 0 Å². The number of hydrogen-bond donors (Lipinski definition) is 1. The lowest BCUT2D eigenvalue weighted by atomic mass is 10.2. The number of halogens is 1. The van der Waals surface area contributed by atoms with Gasteiger partial charge in [-0.2, -0.15) is 0 Å². The Hall–Kier alpha value is -2.40. The maximum atomic E-state index is 12.9. The van der Waals surface area contributed by atoms with E-state index < -0.39 is 0 Å². The van der Waals surface area contributed by atoms with E-state index in [1.807, 2.05) is 28.9 Å². The predicted molar refractivity (Wildman–Crippen MR) is 78.7 cm³/mol. The van der Waals surface area contributed by atoms with E-state index in [2.05, 4.69) is 4.98 Å². The van der Waals surface area contributed by atoms with E-state index in [1.165, 1.54) is 12.1 Å². The number of nitrogens with two attached hydrogens (primary N) is 1. The zero-order valence-electron chi connectivity index (χ0n) is 11.5. The first kappa shape index (κ1) is 13.6. The van der Waals surface area contributed by atoms with Gasteiger partial charge in [-0.05, 0) is 36.4 Å². The molecule has 21 heavy (non-hydrogen) atoms. The zero-order valence-corrected chi connectivity index (χ0v) is 11.5. The molecular formula is C16H16FN3O. The van der Waals surface area contributed by atoms with Crippen molar-refractivity contribution in [2.75, 3.05) is 6.54 Å². The van der Waals surface area contributed by atoms with Gasteiger partial charge >= 0.3 is 0 Å². The molecule has 0 radical (unpaired) electrons. The van der Waals surface area contributed by atoms with Crippen LogP contribution in [-0.2, 0) is 13.0 Å². The summed E-state index contributed by atoms with van der Waals surface area (Å²) in [5.41, 5.74) is 8.17. The van der Waals surface area contributed by atoms with Gasteiger partial charge in [-0.15, -0.1) is 0 Å². The van der Waals surface area contributed by atoms with Crippen molar-refractivity contribution in [2.45, 2.75) is 13.0 Å². The van der Waals surface area contributed by atoms with Gasteiger partial charge in [-0.25, -0.2) is 9.37 Å². The van der Waals surface area contributed by atoms with Crippen molar-refractivity contribution in [1.82, 2.24) is 9.38 Å². The van der Waals surface area contributed by atoms with E-state index in [0.717, 1.165) is 23.3 Å². The van der Waals surface area contributed by atoms with Gasteiger partial charge in [0.25, 0.3) is 0 Å². The number of hydrogen-bond acceptors (Lipinski definition) is 3. The monoisotopic (exact) mass is 285 g/mol. The lowest BCUT2D eigenvalue weighted by Crippen LogP contribution is -2.02. The fraction of sp³-hybridized carbons (Fsp3) is 0.188. The molecule has 0 aliphatic rings. The van der Waals surface area contributed by atoms with Gasteiger partial charge in [-0.1, -0.05) is 12.1 Å². The normalized spacial score (nSPS) is 11.0. The Labute approximate surface area is 122 Å². The van der Waals surface area contributed by atoms with Gasteiger partial charge in [0.15, 0.2) is 11.4 Å². The van der Waals surface area contributed by atoms with Crippen molar-refractivity contribution in [3.05, 3.63) is 65.9 Å². The summed E-state index contributed by atoms with van der Waals surface area (Å²) in [6, 6.07) is 10.0. The predicted octanol–water partition coefficient (Wildman–Crippen LogP) is 2.55. The number of nitrogens with zero attached hydrogens (tertiary/aromatic N) is 2. The van der Waals surface area contributed by atoms with Gasteiger partial charge in [0.05, 0.1) is 5.69 Å². The third kappa shape index (κ3) is 3.03. The van der Waals surface area contributed by atoms with Crippen LogP contribution in [0.5, 0.6) is 5.75 Å². The van der Waals surface area contributed by atoms with E-state index >= 15 is 0 Å². The van der Waals surface area contributed by atoms with Crippen molar-refractivity contribution in [3.8, 4) is 5.75 Å². The summed E-state index contributed by atoms with van der Waals surface area (Å²) in [4.78, 5) is 4.53. The molecule has 0 aliphatic carbocycles. The minimum atomic E-state index is -0.250. The van der Waals surface area contributed by atoms with Crippen molar-refractivity contribution in [3.63, 3.8) is 0 Å². The molecule has 4 nitrogen and oxygen atoms in total. The second-order valence-corrected chi connectivity index (χ2v) is 4.79. The van der Waals surface area contributed by atoms with Crippen LogP contribution in [0, 0.1) is 5.82 Å². The Morgan fingerprint density at radius 3 is 2.76 bits per heavy atom. The molecule has 5 heteroatoms. The summed E-state index contributed by atoms with van der Waals surface area (Å²) in [5, 5.41) is 0. The molecule has 0 unspecified atom stereocenters. The van der Waals surface area contributed by atoms with Crippen LogP contribution < -0.4 is 10.5 Å². The average molecular weight is 285 g/mol. The smallest absolute Gasteiger partial charge is 0.179 e. The van der Waals surface area contributed by atoms with Crippen molar-refractivity contribution < 1.29 is 9.13 Å². The number of ether oxygens (including phenoxy) is 1. The van der Waals surface area contributed by atoms with Crippen LogP contribution in [0.25, 0.3) is 5.65 Å². The van der Waals surface area contributed by atoms with Crippen LogP contribution >= 0.6 is 0 Å². The van der Waals surface area contributed by atoms with Crippen LogP contribution in [0.15, 0.2) is 48.8 Å². The summed E-state index contributed by atoms with van der Waals surface area (Å²) < 4.78 is 20.6. The molecule has 3 rings (SSSR count). The Morgan fingerprint density at radius 2 is 2.00 bits per heavy atom. The van der Waals surface area contributed by atoms with Crippen LogP contribution in [0.2, 0.25) is 0 Å². The van der Waals surface area contributed by atoms with Crippen LogP contribution in [0.1, 0.15) is 11.3 Å². The topological polar surface area (TPSA) is 52.5 Å². The lowest BCUT2D eigenvalue weighted by Gasteiger charge is -2.07. The number of rotatable bonds is 5. The van der Waals surface area contributed by atoms with Crippen LogP contribution in [0.4, 0.5) is 4.39 Å². The minimum absolute atomic E-state index is 0.250. The van der Waals surface area contributed by atoms with Crippen molar-refractivity contribution in [2.24, 2.45) is 5.73 Å². The molecule has 0 atom stereocenters. The summed E-state index contributed by atoms with van der Waals surface area (Å²) in [6.45, 7) is 0.939. The molecular weight excluding hydrogens is 269 g/mol. The number of aromatic nitrogens is 2.